The molecule has 106 valence electrons. The van der Waals surface area contributed by atoms with Crippen molar-refractivity contribution in [3.8, 4) is 0 Å². The minimum atomic E-state index is 0.0862. The molecule has 0 bridgehead atoms. The Bertz CT molecular complexity index is 460. The highest BCUT2D eigenvalue weighted by atomic mass is 16.1. The van der Waals surface area contributed by atoms with E-state index in [1.165, 1.54) is 29.8 Å². The Balaban J connectivity index is 2.04. The van der Waals surface area contributed by atoms with E-state index in [2.05, 4.69) is 42.0 Å². The molecule has 1 aliphatic rings. The van der Waals surface area contributed by atoms with Gasteiger partial charge in [-0.05, 0) is 52.3 Å². The largest absolute Gasteiger partial charge is 0.349 e. The van der Waals surface area contributed by atoms with Gasteiger partial charge in [0.1, 0.15) is 0 Å². The van der Waals surface area contributed by atoms with Gasteiger partial charge in [-0.3, -0.25) is 4.79 Å². The second-order valence-corrected chi connectivity index (χ2v) is 5.57. The Morgan fingerprint density at radius 2 is 2.16 bits per heavy atom. The molecule has 1 atom stereocenters. The quantitative estimate of drug-likeness (QED) is 0.826. The van der Waals surface area contributed by atoms with Crippen LogP contribution in [-0.2, 0) is 4.79 Å². The van der Waals surface area contributed by atoms with Crippen molar-refractivity contribution in [1.82, 2.24) is 15.2 Å². The van der Waals surface area contributed by atoms with Gasteiger partial charge in [0.25, 0.3) is 0 Å². The molecule has 1 fully saturated rings. The van der Waals surface area contributed by atoms with Crippen LogP contribution in [0, 0.1) is 13.8 Å². The summed E-state index contributed by atoms with van der Waals surface area (Å²) in [4.78, 5) is 11.8. The predicted molar refractivity (Wildman–Crippen MR) is 77.3 cm³/mol. The molecule has 1 aromatic rings. The van der Waals surface area contributed by atoms with E-state index in [4.69, 9.17) is 0 Å². The molecular weight excluding hydrogens is 238 g/mol. The standard InChI is InChI=1S/C15H25N3O/c1-10-9-14(12(3)18(10)13-5-6-13)11(2)17-15(19)7-8-16-4/h9,11,13,16H,5-8H2,1-4H3,(H,17,19). The number of aryl methyl sites for hydroxylation is 1. The van der Waals surface area contributed by atoms with Crippen LogP contribution in [0.5, 0.6) is 0 Å². The van der Waals surface area contributed by atoms with Gasteiger partial charge < -0.3 is 15.2 Å². The van der Waals surface area contributed by atoms with Crippen LogP contribution in [0.2, 0.25) is 0 Å². The van der Waals surface area contributed by atoms with Gasteiger partial charge in [0, 0.05) is 30.4 Å². The van der Waals surface area contributed by atoms with Crippen molar-refractivity contribution in [3.63, 3.8) is 0 Å². The third-order valence-electron chi connectivity index (χ3n) is 3.88. The molecule has 1 saturated carbocycles. The summed E-state index contributed by atoms with van der Waals surface area (Å²) in [7, 11) is 1.86. The van der Waals surface area contributed by atoms with Gasteiger partial charge in [0.2, 0.25) is 5.91 Å². The zero-order chi connectivity index (χ0) is 14.0. The van der Waals surface area contributed by atoms with E-state index in [0.717, 1.165) is 6.54 Å². The van der Waals surface area contributed by atoms with Crippen molar-refractivity contribution >= 4 is 5.91 Å². The van der Waals surface area contributed by atoms with Crippen LogP contribution in [0.3, 0.4) is 0 Å². The summed E-state index contributed by atoms with van der Waals surface area (Å²) in [6, 6.07) is 3.00. The van der Waals surface area contributed by atoms with E-state index in [1.54, 1.807) is 0 Å². The van der Waals surface area contributed by atoms with Crippen molar-refractivity contribution < 1.29 is 4.79 Å². The molecule has 1 amide bonds. The molecule has 1 aromatic heterocycles. The lowest BCUT2D eigenvalue weighted by Crippen LogP contribution is -2.29. The Labute approximate surface area is 115 Å². The van der Waals surface area contributed by atoms with Crippen molar-refractivity contribution in [2.45, 2.75) is 52.1 Å². The number of hydrogen-bond acceptors (Lipinski definition) is 2. The van der Waals surface area contributed by atoms with Gasteiger partial charge in [0.05, 0.1) is 6.04 Å². The minimum absolute atomic E-state index is 0.0862. The number of carbonyl (C=O) groups excluding carboxylic acids is 1. The summed E-state index contributed by atoms with van der Waals surface area (Å²) >= 11 is 0. The minimum Gasteiger partial charge on any atom is -0.349 e. The zero-order valence-corrected chi connectivity index (χ0v) is 12.4. The number of nitrogens with zero attached hydrogens (tertiary/aromatic N) is 1. The Kier molecular flexibility index (Phi) is 4.30. The predicted octanol–water partition coefficient (Wildman–Crippen LogP) is 2.23. The van der Waals surface area contributed by atoms with E-state index < -0.39 is 0 Å². The van der Waals surface area contributed by atoms with E-state index in [0.29, 0.717) is 12.5 Å². The molecule has 0 aromatic carbocycles. The highest BCUT2D eigenvalue weighted by Crippen LogP contribution is 2.39. The molecule has 0 aliphatic heterocycles. The molecule has 0 saturated heterocycles. The smallest absolute Gasteiger partial charge is 0.221 e. The Hall–Kier alpha value is -1.29. The fourth-order valence-electron chi connectivity index (χ4n) is 2.77. The zero-order valence-electron chi connectivity index (χ0n) is 12.4. The third-order valence-corrected chi connectivity index (χ3v) is 3.88. The first-order valence-corrected chi connectivity index (χ1v) is 7.17. The normalized spacial score (nSPS) is 16.4. The fourth-order valence-corrected chi connectivity index (χ4v) is 2.77. The molecule has 1 heterocycles. The summed E-state index contributed by atoms with van der Waals surface area (Å²) in [5.74, 6) is 0.109. The van der Waals surface area contributed by atoms with Crippen LogP contribution in [0.1, 0.15) is 55.2 Å². The van der Waals surface area contributed by atoms with Crippen LogP contribution in [0.25, 0.3) is 0 Å². The molecule has 19 heavy (non-hydrogen) atoms. The lowest BCUT2D eigenvalue weighted by molar-refractivity contribution is -0.121. The second kappa shape index (κ2) is 5.78. The molecular formula is C15H25N3O. The number of hydrogen-bond donors (Lipinski definition) is 2. The molecule has 4 nitrogen and oxygen atoms in total. The summed E-state index contributed by atoms with van der Waals surface area (Å²) in [6.45, 7) is 7.11. The maximum absolute atomic E-state index is 11.8. The molecule has 0 radical (unpaired) electrons. The molecule has 2 rings (SSSR count). The molecule has 4 heteroatoms. The summed E-state index contributed by atoms with van der Waals surface area (Å²) < 4.78 is 2.42. The molecule has 1 aliphatic carbocycles. The Morgan fingerprint density at radius 1 is 1.47 bits per heavy atom. The molecule has 0 spiro atoms. The topological polar surface area (TPSA) is 46.1 Å². The van der Waals surface area contributed by atoms with E-state index in [-0.39, 0.29) is 11.9 Å². The highest BCUT2D eigenvalue weighted by molar-refractivity contribution is 5.76. The monoisotopic (exact) mass is 263 g/mol. The van der Waals surface area contributed by atoms with Crippen LogP contribution in [0.15, 0.2) is 6.07 Å². The average Bonchev–Trinajstić information content (AvgIpc) is 3.13. The number of nitrogens with one attached hydrogen (secondary N) is 2. The van der Waals surface area contributed by atoms with Crippen molar-refractivity contribution in [2.24, 2.45) is 0 Å². The first-order chi connectivity index (χ1) is 9.04. The number of aromatic nitrogens is 1. The van der Waals surface area contributed by atoms with Gasteiger partial charge in [-0.15, -0.1) is 0 Å². The lowest BCUT2D eigenvalue weighted by atomic mass is 10.1. The van der Waals surface area contributed by atoms with Crippen LogP contribution in [0.4, 0.5) is 0 Å². The van der Waals surface area contributed by atoms with E-state index in [1.807, 2.05) is 7.05 Å². The molecule has 1 unspecified atom stereocenters. The van der Waals surface area contributed by atoms with E-state index >= 15 is 0 Å². The van der Waals surface area contributed by atoms with Crippen molar-refractivity contribution in [1.29, 1.82) is 0 Å². The number of amides is 1. The lowest BCUT2D eigenvalue weighted by Gasteiger charge is -2.15. The second-order valence-electron chi connectivity index (χ2n) is 5.57. The first kappa shape index (κ1) is 14.1. The van der Waals surface area contributed by atoms with Gasteiger partial charge >= 0.3 is 0 Å². The third kappa shape index (κ3) is 3.18. The summed E-state index contributed by atoms with van der Waals surface area (Å²) in [5, 5.41) is 6.07. The summed E-state index contributed by atoms with van der Waals surface area (Å²) in [5.41, 5.74) is 3.87. The number of rotatable bonds is 6. The molecule has 2 N–H and O–H groups in total. The van der Waals surface area contributed by atoms with Gasteiger partial charge in [-0.2, -0.15) is 0 Å². The van der Waals surface area contributed by atoms with Gasteiger partial charge in [-0.1, -0.05) is 0 Å². The Morgan fingerprint density at radius 3 is 2.74 bits per heavy atom. The SMILES string of the molecule is CNCCC(=O)NC(C)c1cc(C)n(C2CC2)c1C. The van der Waals surface area contributed by atoms with Crippen LogP contribution < -0.4 is 10.6 Å². The van der Waals surface area contributed by atoms with Crippen LogP contribution in [-0.4, -0.2) is 24.1 Å². The van der Waals surface area contributed by atoms with Crippen molar-refractivity contribution in [2.75, 3.05) is 13.6 Å². The maximum Gasteiger partial charge on any atom is 0.221 e. The highest BCUT2D eigenvalue weighted by Gasteiger charge is 2.28. The average molecular weight is 263 g/mol. The fraction of sp³-hybridized carbons (Fsp3) is 0.667. The summed E-state index contributed by atoms with van der Waals surface area (Å²) in [6.07, 6.45) is 3.11. The van der Waals surface area contributed by atoms with Gasteiger partial charge in [-0.25, -0.2) is 0 Å². The first-order valence-electron chi connectivity index (χ1n) is 7.17. The number of carbonyl (C=O) groups is 1. The van der Waals surface area contributed by atoms with Crippen LogP contribution >= 0.6 is 0 Å². The van der Waals surface area contributed by atoms with Crippen molar-refractivity contribution in [3.05, 3.63) is 23.0 Å². The van der Waals surface area contributed by atoms with Gasteiger partial charge in [0.15, 0.2) is 0 Å². The maximum atomic E-state index is 11.8. The van der Waals surface area contributed by atoms with E-state index in [9.17, 15) is 4.79 Å².